The second kappa shape index (κ2) is 5.82. The third-order valence-electron chi connectivity index (χ3n) is 3.07. The van der Waals surface area contributed by atoms with E-state index in [1.165, 1.54) is 13.0 Å². The van der Waals surface area contributed by atoms with Gasteiger partial charge in [-0.2, -0.15) is 0 Å². The minimum absolute atomic E-state index is 0.0615. The quantitative estimate of drug-likeness (QED) is 0.796. The highest BCUT2D eigenvalue weighted by Crippen LogP contribution is 2.18. The zero-order valence-electron chi connectivity index (χ0n) is 11.2. The summed E-state index contributed by atoms with van der Waals surface area (Å²) in [6.45, 7) is 1.50. The number of hydrogen-bond donors (Lipinski definition) is 0. The summed E-state index contributed by atoms with van der Waals surface area (Å²) in [4.78, 5) is 12.1. The lowest BCUT2D eigenvalue weighted by Crippen LogP contribution is -2.07. The van der Waals surface area contributed by atoms with Gasteiger partial charge in [-0.1, -0.05) is 12.1 Å². The maximum absolute atomic E-state index is 13.6. The lowest BCUT2D eigenvalue weighted by atomic mass is 10.0. The summed E-state index contributed by atoms with van der Waals surface area (Å²) in [5.74, 6) is -1.17. The van der Waals surface area contributed by atoms with Crippen LogP contribution in [-0.4, -0.2) is 12.9 Å². The summed E-state index contributed by atoms with van der Waals surface area (Å²) in [6.07, 6.45) is 0.0615. The van der Waals surface area contributed by atoms with E-state index >= 15 is 0 Å². The molecule has 2 nitrogen and oxygen atoms in total. The molecule has 0 aliphatic heterocycles. The molecule has 0 atom stereocenters. The van der Waals surface area contributed by atoms with Crippen LogP contribution in [0.25, 0.3) is 0 Å². The van der Waals surface area contributed by atoms with Gasteiger partial charge in [0, 0.05) is 12.5 Å². The molecule has 0 aliphatic carbocycles. The SMILES string of the molecule is COc1ccc(CC(=O)c2cc(C)c(F)cc2F)cc1. The summed E-state index contributed by atoms with van der Waals surface area (Å²) in [5, 5.41) is 0. The van der Waals surface area contributed by atoms with Gasteiger partial charge in [-0.25, -0.2) is 8.78 Å². The van der Waals surface area contributed by atoms with E-state index in [2.05, 4.69) is 0 Å². The Morgan fingerprint density at radius 2 is 1.75 bits per heavy atom. The number of halogens is 2. The lowest BCUT2D eigenvalue weighted by molar-refractivity contribution is 0.0989. The van der Waals surface area contributed by atoms with Crippen molar-refractivity contribution in [2.45, 2.75) is 13.3 Å². The van der Waals surface area contributed by atoms with Crippen LogP contribution >= 0.6 is 0 Å². The van der Waals surface area contributed by atoms with Crippen molar-refractivity contribution in [3.63, 3.8) is 0 Å². The monoisotopic (exact) mass is 276 g/mol. The maximum Gasteiger partial charge on any atom is 0.170 e. The van der Waals surface area contributed by atoms with Gasteiger partial charge in [0.25, 0.3) is 0 Å². The topological polar surface area (TPSA) is 26.3 Å². The van der Waals surface area contributed by atoms with Crippen molar-refractivity contribution < 1.29 is 18.3 Å². The Morgan fingerprint density at radius 3 is 2.35 bits per heavy atom. The molecule has 4 heteroatoms. The van der Waals surface area contributed by atoms with Gasteiger partial charge in [-0.15, -0.1) is 0 Å². The predicted octanol–water partition coefficient (Wildman–Crippen LogP) is 3.71. The molecule has 0 saturated carbocycles. The molecule has 2 aromatic rings. The van der Waals surface area contributed by atoms with Crippen LogP contribution in [0.3, 0.4) is 0 Å². The summed E-state index contributed by atoms with van der Waals surface area (Å²) in [5.41, 5.74) is 0.918. The van der Waals surface area contributed by atoms with E-state index in [1.807, 2.05) is 0 Å². The van der Waals surface area contributed by atoms with Crippen molar-refractivity contribution in [1.29, 1.82) is 0 Å². The molecule has 0 amide bonds. The van der Waals surface area contributed by atoms with E-state index in [-0.39, 0.29) is 23.3 Å². The van der Waals surface area contributed by atoms with Crippen LogP contribution in [0.2, 0.25) is 0 Å². The van der Waals surface area contributed by atoms with Crippen LogP contribution in [0.5, 0.6) is 5.75 Å². The number of hydrogen-bond acceptors (Lipinski definition) is 2. The van der Waals surface area contributed by atoms with Crippen molar-refractivity contribution in [2.75, 3.05) is 7.11 Å². The van der Waals surface area contributed by atoms with E-state index in [4.69, 9.17) is 4.74 Å². The maximum atomic E-state index is 13.6. The number of ketones is 1. The molecule has 2 rings (SSSR count). The van der Waals surface area contributed by atoms with Crippen molar-refractivity contribution in [1.82, 2.24) is 0 Å². The molecule has 0 aliphatic rings. The first-order valence-electron chi connectivity index (χ1n) is 6.13. The molecular formula is C16H14F2O2. The molecule has 0 saturated heterocycles. The van der Waals surface area contributed by atoms with Crippen LogP contribution in [0.4, 0.5) is 8.78 Å². The van der Waals surface area contributed by atoms with Gasteiger partial charge in [0.2, 0.25) is 0 Å². The van der Waals surface area contributed by atoms with Gasteiger partial charge in [0.05, 0.1) is 12.7 Å². The fraction of sp³-hybridized carbons (Fsp3) is 0.188. The zero-order valence-corrected chi connectivity index (χ0v) is 11.2. The third-order valence-corrected chi connectivity index (χ3v) is 3.07. The fourth-order valence-corrected chi connectivity index (χ4v) is 1.89. The summed E-state index contributed by atoms with van der Waals surface area (Å²) < 4.78 is 31.8. The number of methoxy groups -OCH3 is 1. The summed E-state index contributed by atoms with van der Waals surface area (Å²) in [6, 6.07) is 8.94. The first-order chi connectivity index (χ1) is 9.51. The number of carbonyl (C=O) groups excluding carboxylic acids is 1. The molecule has 2 aromatic carbocycles. The second-order valence-corrected chi connectivity index (χ2v) is 4.53. The average molecular weight is 276 g/mol. The first-order valence-corrected chi connectivity index (χ1v) is 6.13. The third kappa shape index (κ3) is 3.02. The van der Waals surface area contributed by atoms with Crippen LogP contribution in [0.15, 0.2) is 36.4 Å². The van der Waals surface area contributed by atoms with E-state index < -0.39 is 11.6 Å². The smallest absolute Gasteiger partial charge is 0.170 e. The normalized spacial score (nSPS) is 10.4. The van der Waals surface area contributed by atoms with Crippen molar-refractivity contribution in [3.8, 4) is 5.75 Å². The summed E-state index contributed by atoms with van der Waals surface area (Å²) >= 11 is 0. The fourth-order valence-electron chi connectivity index (χ4n) is 1.89. The summed E-state index contributed by atoms with van der Waals surface area (Å²) in [7, 11) is 1.55. The number of ether oxygens (including phenoxy) is 1. The largest absolute Gasteiger partial charge is 0.497 e. The average Bonchev–Trinajstić information content (AvgIpc) is 2.43. The molecule has 0 N–H and O–H groups in total. The minimum atomic E-state index is -0.827. The van der Waals surface area contributed by atoms with Crippen LogP contribution in [0, 0.1) is 18.6 Å². The molecule has 0 heterocycles. The van der Waals surface area contributed by atoms with E-state index in [9.17, 15) is 13.6 Å². The predicted molar refractivity (Wildman–Crippen MR) is 72.1 cm³/mol. The molecular weight excluding hydrogens is 262 g/mol. The second-order valence-electron chi connectivity index (χ2n) is 4.53. The van der Waals surface area contributed by atoms with Crippen LogP contribution < -0.4 is 4.74 Å². The molecule has 104 valence electrons. The number of carbonyl (C=O) groups is 1. The first kappa shape index (κ1) is 14.2. The standard InChI is InChI=1S/C16H14F2O2/c1-10-7-13(15(18)9-14(10)17)16(19)8-11-3-5-12(20-2)6-4-11/h3-7,9H,8H2,1-2H3. The number of rotatable bonds is 4. The van der Waals surface area contributed by atoms with Crippen molar-refractivity contribution in [2.24, 2.45) is 0 Å². The lowest BCUT2D eigenvalue weighted by Gasteiger charge is -2.06. The van der Waals surface area contributed by atoms with Crippen molar-refractivity contribution in [3.05, 3.63) is 64.7 Å². The van der Waals surface area contributed by atoms with Gasteiger partial charge in [0.15, 0.2) is 5.78 Å². The van der Waals surface area contributed by atoms with Gasteiger partial charge < -0.3 is 4.74 Å². The Morgan fingerprint density at radius 1 is 1.10 bits per heavy atom. The van der Waals surface area contributed by atoms with E-state index in [0.717, 1.165) is 11.6 Å². The van der Waals surface area contributed by atoms with Gasteiger partial charge in [0.1, 0.15) is 17.4 Å². The Labute approximate surface area is 116 Å². The highest BCUT2D eigenvalue weighted by molar-refractivity contribution is 5.97. The van der Waals surface area contributed by atoms with Gasteiger partial charge in [-0.05, 0) is 36.2 Å². The van der Waals surface area contributed by atoms with E-state index in [0.29, 0.717) is 5.75 Å². The Kier molecular flexibility index (Phi) is 4.13. The molecule has 0 bridgehead atoms. The number of Topliss-reactive ketones (excluding diaryl/α,β-unsaturated/α-hetero) is 1. The van der Waals surface area contributed by atoms with E-state index in [1.54, 1.807) is 31.4 Å². The Hall–Kier alpha value is -2.23. The van der Waals surface area contributed by atoms with Crippen LogP contribution in [0.1, 0.15) is 21.5 Å². The molecule has 20 heavy (non-hydrogen) atoms. The van der Waals surface area contributed by atoms with Gasteiger partial charge in [-0.3, -0.25) is 4.79 Å². The molecule has 0 fully saturated rings. The Bertz CT molecular complexity index is 634. The Balaban J connectivity index is 2.21. The highest BCUT2D eigenvalue weighted by atomic mass is 19.1. The number of aryl methyl sites for hydroxylation is 1. The molecule has 0 unspecified atom stereocenters. The highest BCUT2D eigenvalue weighted by Gasteiger charge is 2.15. The molecule has 0 spiro atoms. The van der Waals surface area contributed by atoms with Crippen molar-refractivity contribution >= 4 is 5.78 Å². The van der Waals surface area contributed by atoms with Gasteiger partial charge >= 0.3 is 0 Å². The number of benzene rings is 2. The van der Waals surface area contributed by atoms with Crippen LogP contribution in [-0.2, 0) is 6.42 Å². The molecule has 0 radical (unpaired) electrons. The minimum Gasteiger partial charge on any atom is -0.497 e. The zero-order chi connectivity index (χ0) is 14.7. The molecule has 0 aromatic heterocycles.